The standard InChI is InChI=1S/C22H25F3N2O4S2/c1-4-6-18(31-22(23,24)25)7-5-8-21-27-20(16(3)32-21)11-12-26-33(29,30)19-10-9-15(2)17(13-19)14-28/h5-7,9-10,13-14,26H,4,8,11-12H2,1-3H3/b7-5-,18-6+. The number of sulfonamides is 1. The van der Waals surface area contributed by atoms with Crippen molar-refractivity contribution in [2.45, 2.75) is 51.3 Å². The molecule has 0 amide bonds. The number of aromatic nitrogens is 1. The maximum Gasteiger partial charge on any atom is 0.573 e. The van der Waals surface area contributed by atoms with Gasteiger partial charge in [0.25, 0.3) is 0 Å². The van der Waals surface area contributed by atoms with E-state index >= 15 is 0 Å². The number of benzene rings is 1. The van der Waals surface area contributed by atoms with Crippen molar-refractivity contribution in [2.75, 3.05) is 6.54 Å². The Labute approximate surface area is 195 Å². The van der Waals surface area contributed by atoms with Gasteiger partial charge in [0.2, 0.25) is 10.0 Å². The van der Waals surface area contributed by atoms with Crippen molar-refractivity contribution in [3.8, 4) is 0 Å². The number of nitrogens with zero attached hydrogens (tertiary/aromatic N) is 1. The Morgan fingerprint density at radius 1 is 1.27 bits per heavy atom. The number of aryl methyl sites for hydroxylation is 2. The zero-order valence-electron chi connectivity index (χ0n) is 18.4. The molecule has 0 aliphatic rings. The zero-order chi connectivity index (χ0) is 24.6. The molecule has 2 aromatic rings. The zero-order valence-corrected chi connectivity index (χ0v) is 20.0. The summed E-state index contributed by atoms with van der Waals surface area (Å²) in [5, 5.41) is 0.693. The average molecular weight is 503 g/mol. The van der Waals surface area contributed by atoms with Crippen molar-refractivity contribution < 1.29 is 31.1 Å². The highest BCUT2D eigenvalue weighted by atomic mass is 32.2. The van der Waals surface area contributed by atoms with Crippen LogP contribution >= 0.6 is 11.3 Å². The van der Waals surface area contributed by atoms with E-state index in [2.05, 4.69) is 14.4 Å². The number of rotatable bonds is 11. The Hall–Kier alpha value is -2.50. The number of halogens is 3. The first kappa shape index (κ1) is 26.7. The van der Waals surface area contributed by atoms with Crippen molar-refractivity contribution in [3.05, 3.63) is 68.9 Å². The van der Waals surface area contributed by atoms with Gasteiger partial charge >= 0.3 is 6.36 Å². The lowest BCUT2D eigenvalue weighted by atomic mass is 10.1. The monoisotopic (exact) mass is 502 g/mol. The summed E-state index contributed by atoms with van der Waals surface area (Å²) in [6, 6.07) is 4.34. The fraction of sp³-hybridized carbons (Fsp3) is 0.364. The Kier molecular flexibility index (Phi) is 9.38. The molecule has 1 N–H and O–H groups in total. The summed E-state index contributed by atoms with van der Waals surface area (Å²) in [5.41, 5.74) is 1.70. The molecule has 11 heteroatoms. The van der Waals surface area contributed by atoms with Gasteiger partial charge in [0.15, 0.2) is 0 Å². The van der Waals surface area contributed by atoms with Gasteiger partial charge in [-0.15, -0.1) is 24.5 Å². The molecule has 180 valence electrons. The fourth-order valence-electron chi connectivity index (χ4n) is 2.86. The molecule has 0 unspecified atom stereocenters. The molecule has 1 heterocycles. The van der Waals surface area contributed by atoms with E-state index in [4.69, 9.17) is 0 Å². The van der Waals surface area contributed by atoms with E-state index in [0.29, 0.717) is 47.4 Å². The highest BCUT2D eigenvalue weighted by molar-refractivity contribution is 7.89. The summed E-state index contributed by atoms with van der Waals surface area (Å²) in [5.74, 6) is -0.276. The Balaban J connectivity index is 1.98. The third-order valence-corrected chi connectivity index (χ3v) is 6.99. The van der Waals surface area contributed by atoms with Crippen molar-refractivity contribution in [1.82, 2.24) is 9.71 Å². The highest BCUT2D eigenvalue weighted by Crippen LogP contribution is 2.23. The largest absolute Gasteiger partial charge is 0.573 e. The van der Waals surface area contributed by atoms with Gasteiger partial charge in [-0.2, -0.15) is 0 Å². The van der Waals surface area contributed by atoms with Gasteiger partial charge in [0.1, 0.15) is 12.0 Å². The molecule has 0 saturated carbocycles. The van der Waals surface area contributed by atoms with E-state index in [-0.39, 0.29) is 17.2 Å². The molecule has 0 bridgehead atoms. The minimum atomic E-state index is -4.75. The number of allylic oxidation sites excluding steroid dienone is 3. The van der Waals surface area contributed by atoms with Gasteiger partial charge < -0.3 is 4.74 Å². The highest BCUT2D eigenvalue weighted by Gasteiger charge is 2.31. The molecule has 0 fully saturated rings. The number of carbonyl (C=O) groups excluding carboxylic acids is 1. The molecule has 0 atom stereocenters. The van der Waals surface area contributed by atoms with Gasteiger partial charge in [0.05, 0.1) is 15.6 Å². The summed E-state index contributed by atoms with van der Waals surface area (Å²) in [6.07, 6.45) is 1.05. The lowest BCUT2D eigenvalue weighted by Crippen LogP contribution is -2.26. The van der Waals surface area contributed by atoms with E-state index in [1.165, 1.54) is 35.6 Å². The molecule has 33 heavy (non-hydrogen) atoms. The Morgan fingerprint density at radius 3 is 2.64 bits per heavy atom. The van der Waals surface area contributed by atoms with Crippen molar-refractivity contribution in [3.63, 3.8) is 0 Å². The smallest absolute Gasteiger partial charge is 0.406 e. The van der Waals surface area contributed by atoms with Crippen molar-refractivity contribution >= 4 is 27.6 Å². The molecule has 0 saturated heterocycles. The molecule has 1 aromatic heterocycles. The Morgan fingerprint density at radius 2 is 2.00 bits per heavy atom. The van der Waals surface area contributed by atoms with Crippen molar-refractivity contribution in [2.24, 2.45) is 0 Å². The van der Waals surface area contributed by atoms with Gasteiger partial charge in [-0.1, -0.05) is 19.1 Å². The first-order chi connectivity index (χ1) is 15.4. The average Bonchev–Trinajstić information content (AvgIpc) is 3.06. The van der Waals surface area contributed by atoms with Gasteiger partial charge in [-0.05, 0) is 50.1 Å². The number of hydrogen-bond donors (Lipinski definition) is 1. The van der Waals surface area contributed by atoms with Crippen LogP contribution in [0.1, 0.15) is 44.8 Å². The first-order valence-electron chi connectivity index (χ1n) is 10.1. The van der Waals surface area contributed by atoms with E-state index < -0.39 is 16.4 Å². The van der Waals surface area contributed by atoms with E-state index in [9.17, 15) is 26.4 Å². The predicted molar refractivity (Wildman–Crippen MR) is 121 cm³/mol. The second-order valence-corrected chi connectivity index (χ2v) is 10.1. The molecule has 0 radical (unpaired) electrons. The van der Waals surface area contributed by atoms with Crippen LogP contribution in [0.3, 0.4) is 0 Å². The normalized spacial score (nSPS) is 13.0. The Bertz CT molecular complexity index is 1140. The molecule has 0 aliphatic heterocycles. The number of alkyl halides is 3. The van der Waals surface area contributed by atoms with E-state index in [1.807, 2.05) is 6.92 Å². The van der Waals surface area contributed by atoms with Crippen LogP contribution in [0, 0.1) is 13.8 Å². The molecule has 0 spiro atoms. The van der Waals surface area contributed by atoms with E-state index in [0.717, 1.165) is 4.88 Å². The van der Waals surface area contributed by atoms with Crippen LogP contribution in [-0.2, 0) is 27.6 Å². The van der Waals surface area contributed by atoms with Crippen LogP contribution in [0.2, 0.25) is 0 Å². The minimum absolute atomic E-state index is 0.00744. The number of thiazole rings is 1. The lowest BCUT2D eigenvalue weighted by molar-refractivity contribution is -0.303. The summed E-state index contributed by atoms with van der Waals surface area (Å²) in [7, 11) is -3.79. The molecular formula is C22H25F3N2O4S2. The topological polar surface area (TPSA) is 85.4 Å². The van der Waals surface area contributed by atoms with E-state index in [1.54, 1.807) is 26.0 Å². The number of carbonyl (C=O) groups is 1. The summed E-state index contributed by atoms with van der Waals surface area (Å²) < 4.78 is 68.7. The van der Waals surface area contributed by atoms with Crippen LogP contribution < -0.4 is 4.72 Å². The fourth-order valence-corrected chi connectivity index (χ4v) is 4.88. The minimum Gasteiger partial charge on any atom is -0.406 e. The van der Waals surface area contributed by atoms with Gasteiger partial charge in [-0.25, -0.2) is 18.1 Å². The summed E-state index contributed by atoms with van der Waals surface area (Å²) in [6.45, 7) is 5.38. The first-order valence-corrected chi connectivity index (χ1v) is 12.4. The third-order valence-electron chi connectivity index (χ3n) is 4.49. The second kappa shape index (κ2) is 11.6. The quantitative estimate of drug-likeness (QED) is 0.265. The summed E-state index contributed by atoms with van der Waals surface area (Å²) in [4.78, 5) is 16.4. The maximum atomic E-state index is 12.5. The molecular weight excluding hydrogens is 477 g/mol. The van der Waals surface area contributed by atoms with Crippen LogP contribution in [-0.4, -0.2) is 32.6 Å². The number of hydrogen-bond acceptors (Lipinski definition) is 6. The molecule has 0 aliphatic carbocycles. The second-order valence-electron chi connectivity index (χ2n) is 7.06. The lowest BCUT2D eigenvalue weighted by Gasteiger charge is -2.09. The van der Waals surface area contributed by atoms with Gasteiger partial charge in [0, 0.05) is 29.8 Å². The number of nitrogens with one attached hydrogen (secondary N) is 1. The molecule has 1 aromatic carbocycles. The SMILES string of the molecule is CC/C=C(\C=C/Cc1nc(CCNS(=O)(=O)c2ccc(C)c(C=O)c2)c(C)s1)OC(F)(F)F. The summed E-state index contributed by atoms with van der Waals surface area (Å²) >= 11 is 1.39. The van der Waals surface area contributed by atoms with Crippen molar-refractivity contribution in [1.29, 1.82) is 0 Å². The van der Waals surface area contributed by atoms with Crippen LogP contribution in [0.4, 0.5) is 13.2 Å². The third kappa shape index (κ3) is 8.41. The molecule has 6 nitrogen and oxygen atoms in total. The number of aldehydes is 1. The van der Waals surface area contributed by atoms with Crippen LogP contribution in [0.25, 0.3) is 0 Å². The maximum absolute atomic E-state index is 12.5. The van der Waals surface area contributed by atoms with Gasteiger partial charge in [-0.3, -0.25) is 4.79 Å². The van der Waals surface area contributed by atoms with Crippen LogP contribution in [0.15, 0.2) is 47.1 Å². The predicted octanol–water partition coefficient (Wildman–Crippen LogP) is 5.02. The molecule has 2 rings (SSSR count). The van der Waals surface area contributed by atoms with Crippen LogP contribution in [0.5, 0.6) is 0 Å². The number of ether oxygens (including phenoxy) is 1.